The molecule has 172 valence electrons. The van der Waals surface area contributed by atoms with Crippen molar-refractivity contribution in [2.75, 3.05) is 19.6 Å². The molecule has 0 aliphatic carbocycles. The van der Waals surface area contributed by atoms with Crippen molar-refractivity contribution in [3.63, 3.8) is 0 Å². The summed E-state index contributed by atoms with van der Waals surface area (Å²) in [6.07, 6.45) is 4.93. The van der Waals surface area contributed by atoms with E-state index < -0.39 is 21.9 Å². The van der Waals surface area contributed by atoms with Crippen LogP contribution in [0.4, 0.5) is 4.39 Å². The number of halogens is 1. The summed E-state index contributed by atoms with van der Waals surface area (Å²) in [6.45, 7) is 3.88. The van der Waals surface area contributed by atoms with E-state index in [1.54, 1.807) is 0 Å². The van der Waals surface area contributed by atoms with Crippen LogP contribution in [0.2, 0.25) is 0 Å². The van der Waals surface area contributed by atoms with Gasteiger partial charge in [0.05, 0.1) is 4.90 Å². The number of carbonyl (C=O) groups excluding carboxylic acids is 1. The fourth-order valence-corrected chi connectivity index (χ4v) is 6.13. The van der Waals surface area contributed by atoms with Crippen LogP contribution >= 0.6 is 0 Å². The van der Waals surface area contributed by atoms with Crippen LogP contribution in [0.15, 0.2) is 53.4 Å². The van der Waals surface area contributed by atoms with Crippen LogP contribution in [0, 0.1) is 5.82 Å². The molecule has 2 aromatic carbocycles. The highest BCUT2D eigenvalue weighted by atomic mass is 32.2. The Labute approximate surface area is 189 Å². The third-order valence-electron chi connectivity index (χ3n) is 6.27. The van der Waals surface area contributed by atoms with E-state index in [2.05, 4.69) is 22.3 Å². The molecule has 1 atom stereocenters. The zero-order valence-electron chi connectivity index (χ0n) is 18.2. The number of nitrogens with one attached hydrogen (secondary N) is 1. The van der Waals surface area contributed by atoms with Gasteiger partial charge in [0.2, 0.25) is 15.9 Å². The van der Waals surface area contributed by atoms with Gasteiger partial charge in [0, 0.05) is 19.6 Å². The van der Waals surface area contributed by atoms with Crippen LogP contribution in [0.3, 0.4) is 0 Å². The quantitative estimate of drug-likeness (QED) is 0.690. The van der Waals surface area contributed by atoms with E-state index in [1.165, 1.54) is 41.3 Å². The molecule has 0 bridgehead atoms. The van der Waals surface area contributed by atoms with Gasteiger partial charge in [-0.3, -0.25) is 9.69 Å². The Balaban J connectivity index is 1.34. The van der Waals surface area contributed by atoms with E-state index in [9.17, 15) is 17.6 Å². The first-order chi connectivity index (χ1) is 15.4. The van der Waals surface area contributed by atoms with Gasteiger partial charge in [-0.2, -0.15) is 4.31 Å². The number of hydrogen-bond acceptors (Lipinski definition) is 4. The molecule has 0 spiro atoms. The molecule has 2 saturated heterocycles. The molecule has 0 aromatic heterocycles. The van der Waals surface area contributed by atoms with E-state index in [1.807, 2.05) is 12.1 Å². The molecule has 2 heterocycles. The van der Waals surface area contributed by atoms with Crippen LogP contribution in [0.25, 0.3) is 0 Å². The van der Waals surface area contributed by atoms with Crippen molar-refractivity contribution in [1.29, 1.82) is 0 Å². The average Bonchev–Trinajstić information content (AvgIpc) is 3.31. The van der Waals surface area contributed by atoms with E-state index >= 15 is 0 Å². The first kappa shape index (κ1) is 22.9. The largest absolute Gasteiger partial charge is 0.351 e. The lowest BCUT2D eigenvalue weighted by molar-refractivity contribution is -0.124. The third-order valence-corrected chi connectivity index (χ3v) is 8.19. The summed E-state index contributed by atoms with van der Waals surface area (Å²) >= 11 is 0. The van der Waals surface area contributed by atoms with Crippen LogP contribution in [0.1, 0.15) is 43.2 Å². The Hall–Kier alpha value is -2.29. The highest BCUT2D eigenvalue weighted by molar-refractivity contribution is 7.89. The number of likely N-dealkylation sites (tertiary alicyclic amines) is 1. The van der Waals surface area contributed by atoms with Crippen LogP contribution in [-0.4, -0.2) is 49.2 Å². The topological polar surface area (TPSA) is 69.7 Å². The van der Waals surface area contributed by atoms with Crippen molar-refractivity contribution in [3.05, 3.63) is 65.5 Å². The van der Waals surface area contributed by atoms with Crippen molar-refractivity contribution >= 4 is 15.9 Å². The van der Waals surface area contributed by atoms with Gasteiger partial charge in [0.25, 0.3) is 0 Å². The van der Waals surface area contributed by atoms with Crippen molar-refractivity contribution in [2.45, 2.75) is 56.1 Å². The summed E-state index contributed by atoms with van der Waals surface area (Å²) < 4.78 is 40.3. The molecular weight excluding hydrogens is 429 g/mol. The summed E-state index contributed by atoms with van der Waals surface area (Å²) in [4.78, 5) is 15.3. The number of nitrogens with zero attached hydrogens (tertiary/aromatic N) is 2. The number of benzene rings is 2. The molecule has 6 nitrogen and oxygen atoms in total. The summed E-state index contributed by atoms with van der Waals surface area (Å²) in [5.41, 5.74) is 2.24. The van der Waals surface area contributed by atoms with E-state index in [0.29, 0.717) is 19.4 Å². The van der Waals surface area contributed by atoms with Crippen molar-refractivity contribution < 1.29 is 17.6 Å². The third kappa shape index (κ3) is 5.36. The number of amides is 1. The maximum absolute atomic E-state index is 13.2. The minimum Gasteiger partial charge on any atom is -0.351 e. The smallest absolute Gasteiger partial charge is 0.243 e. The minimum atomic E-state index is -3.85. The van der Waals surface area contributed by atoms with Crippen molar-refractivity contribution in [2.24, 2.45) is 0 Å². The number of rotatable bonds is 7. The molecule has 1 unspecified atom stereocenters. The zero-order chi connectivity index (χ0) is 22.6. The molecule has 2 aliphatic rings. The van der Waals surface area contributed by atoms with Gasteiger partial charge < -0.3 is 5.32 Å². The van der Waals surface area contributed by atoms with Gasteiger partial charge in [-0.1, -0.05) is 30.7 Å². The predicted molar refractivity (Wildman–Crippen MR) is 121 cm³/mol. The van der Waals surface area contributed by atoms with Crippen LogP contribution in [-0.2, 0) is 27.9 Å². The lowest BCUT2D eigenvalue weighted by Crippen LogP contribution is -2.45. The second-order valence-corrected chi connectivity index (χ2v) is 10.5. The number of carbonyl (C=O) groups is 1. The molecule has 2 aromatic rings. The Kier molecular flexibility index (Phi) is 7.23. The number of piperidine rings is 1. The van der Waals surface area contributed by atoms with E-state index in [4.69, 9.17) is 0 Å². The summed E-state index contributed by atoms with van der Waals surface area (Å²) in [5, 5.41) is 2.89. The number of sulfonamides is 1. The van der Waals surface area contributed by atoms with Gasteiger partial charge >= 0.3 is 0 Å². The normalized spacial score (nSPS) is 20.3. The molecule has 4 rings (SSSR count). The van der Waals surface area contributed by atoms with Crippen LogP contribution < -0.4 is 5.32 Å². The van der Waals surface area contributed by atoms with E-state index in [0.717, 1.165) is 37.3 Å². The molecule has 32 heavy (non-hydrogen) atoms. The molecule has 2 fully saturated rings. The van der Waals surface area contributed by atoms with Gasteiger partial charge in [-0.05, 0) is 74.2 Å². The Morgan fingerprint density at radius 1 is 0.906 bits per heavy atom. The van der Waals surface area contributed by atoms with Gasteiger partial charge in [0.1, 0.15) is 11.9 Å². The molecule has 1 amide bonds. The molecule has 2 aliphatic heterocycles. The highest BCUT2D eigenvalue weighted by Crippen LogP contribution is 2.26. The van der Waals surface area contributed by atoms with Crippen molar-refractivity contribution in [3.8, 4) is 0 Å². The van der Waals surface area contributed by atoms with Gasteiger partial charge in [0.15, 0.2) is 0 Å². The Morgan fingerprint density at radius 3 is 2.25 bits per heavy atom. The Morgan fingerprint density at radius 2 is 1.56 bits per heavy atom. The second-order valence-electron chi connectivity index (χ2n) is 8.60. The zero-order valence-corrected chi connectivity index (χ0v) is 19.0. The molecule has 0 saturated carbocycles. The standard InChI is InChI=1S/C24H30FN3O3S/c25-21-10-12-22(13-11-21)32(30,31)28-16-4-5-23(28)24(29)26-17-19-6-8-20(9-7-19)18-27-14-2-1-3-15-27/h6-13,23H,1-5,14-18H2,(H,26,29). The van der Waals surface area contributed by atoms with Gasteiger partial charge in [-0.25, -0.2) is 12.8 Å². The lowest BCUT2D eigenvalue weighted by atomic mass is 10.1. The first-order valence-corrected chi connectivity index (χ1v) is 12.7. The molecule has 1 N–H and O–H groups in total. The SMILES string of the molecule is O=C(NCc1ccc(CN2CCCCC2)cc1)C1CCCN1S(=O)(=O)c1ccc(F)cc1. The summed E-state index contributed by atoms with van der Waals surface area (Å²) in [5.74, 6) is -0.799. The predicted octanol–water partition coefficient (Wildman–Crippen LogP) is 3.28. The van der Waals surface area contributed by atoms with Gasteiger partial charge in [-0.15, -0.1) is 0 Å². The summed E-state index contributed by atoms with van der Waals surface area (Å²) in [6, 6.07) is 12.2. The van der Waals surface area contributed by atoms with Crippen molar-refractivity contribution in [1.82, 2.24) is 14.5 Å². The maximum Gasteiger partial charge on any atom is 0.243 e. The lowest BCUT2D eigenvalue weighted by Gasteiger charge is -2.26. The number of hydrogen-bond donors (Lipinski definition) is 1. The first-order valence-electron chi connectivity index (χ1n) is 11.3. The second kappa shape index (κ2) is 10.1. The Bertz CT molecular complexity index is 1020. The molecule has 0 radical (unpaired) electrons. The van der Waals surface area contributed by atoms with E-state index in [-0.39, 0.29) is 17.3 Å². The monoisotopic (exact) mass is 459 g/mol. The maximum atomic E-state index is 13.2. The average molecular weight is 460 g/mol. The van der Waals surface area contributed by atoms with Crippen LogP contribution in [0.5, 0.6) is 0 Å². The molecular formula is C24H30FN3O3S. The fourth-order valence-electron chi connectivity index (χ4n) is 4.48. The minimum absolute atomic E-state index is 0.00268. The molecule has 8 heteroatoms. The fraction of sp³-hybridized carbons (Fsp3) is 0.458. The summed E-state index contributed by atoms with van der Waals surface area (Å²) in [7, 11) is -3.85. The highest BCUT2D eigenvalue weighted by Gasteiger charge is 2.39.